The Hall–Kier alpha value is -3.54. The second-order valence-corrected chi connectivity index (χ2v) is 7.10. The number of methoxy groups -OCH3 is 3. The molecular formula is C24H24N2O4. The van der Waals surface area contributed by atoms with E-state index in [4.69, 9.17) is 14.2 Å². The van der Waals surface area contributed by atoms with Crippen molar-refractivity contribution in [3.8, 4) is 17.2 Å². The molecule has 3 aromatic carbocycles. The zero-order valence-electron chi connectivity index (χ0n) is 17.5. The van der Waals surface area contributed by atoms with E-state index in [0.717, 1.165) is 33.4 Å². The predicted octanol–water partition coefficient (Wildman–Crippen LogP) is 4.56. The van der Waals surface area contributed by atoms with E-state index in [1.165, 1.54) is 6.92 Å². The zero-order chi connectivity index (χ0) is 21.3. The van der Waals surface area contributed by atoms with Gasteiger partial charge in [-0.2, -0.15) is 5.10 Å². The van der Waals surface area contributed by atoms with Crippen LogP contribution < -0.4 is 14.2 Å². The number of carbonyl (C=O) groups is 1. The molecule has 0 radical (unpaired) electrons. The Balaban J connectivity index is 1.81. The Bertz CT molecular complexity index is 1130. The third-order valence-electron chi connectivity index (χ3n) is 5.43. The van der Waals surface area contributed by atoms with Gasteiger partial charge in [-0.1, -0.05) is 30.3 Å². The van der Waals surface area contributed by atoms with Gasteiger partial charge in [-0.05, 0) is 29.1 Å². The maximum Gasteiger partial charge on any atom is 0.240 e. The van der Waals surface area contributed by atoms with Gasteiger partial charge >= 0.3 is 0 Å². The van der Waals surface area contributed by atoms with E-state index in [2.05, 4.69) is 5.10 Å². The van der Waals surface area contributed by atoms with Gasteiger partial charge in [0.05, 0.1) is 33.1 Å². The Morgan fingerprint density at radius 1 is 0.967 bits per heavy atom. The average molecular weight is 404 g/mol. The SMILES string of the molecule is COc1ccc(C2=NN(C(C)=O)[C@@H](c3cccc4cccc(OC)c34)C2)c(OC)c1. The summed E-state index contributed by atoms with van der Waals surface area (Å²) in [4.78, 5) is 12.5. The molecular weight excluding hydrogens is 380 g/mol. The molecule has 1 aliphatic rings. The van der Waals surface area contributed by atoms with Crippen LogP contribution in [-0.2, 0) is 4.79 Å². The van der Waals surface area contributed by atoms with Crippen LogP contribution in [0.4, 0.5) is 0 Å². The smallest absolute Gasteiger partial charge is 0.240 e. The quantitative estimate of drug-likeness (QED) is 0.625. The number of hydrazone groups is 1. The number of rotatable bonds is 5. The van der Waals surface area contributed by atoms with Crippen molar-refractivity contribution in [1.29, 1.82) is 0 Å². The largest absolute Gasteiger partial charge is 0.497 e. The molecule has 6 heteroatoms. The van der Waals surface area contributed by atoms with Crippen LogP contribution in [0.3, 0.4) is 0 Å². The number of benzene rings is 3. The maximum absolute atomic E-state index is 12.5. The molecule has 0 saturated carbocycles. The number of amides is 1. The summed E-state index contributed by atoms with van der Waals surface area (Å²) in [6, 6.07) is 17.4. The lowest BCUT2D eigenvalue weighted by Gasteiger charge is -2.23. The summed E-state index contributed by atoms with van der Waals surface area (Å²) in [5.74, 6) is 2.03. The van der Waals surface area contributed by atoms with E-state index in [1.54, 1.807) is 26.3 Å². The van der Waals surface area contributed by atoms with Crippen LogP contribution in [0.15, 0.2) is 59.7 Å². The normalized spacial score (nSPS) is 15.8. The molecule has 1 atom stereocenters. The van der Waals surface area contributed by atoms with Crippen LogP contribution in [0.1, 0.15) is 30.5 Å². The second kappa shape index (κ2) is 8.06. The topological polar surface area (TPSA) is 60.4 Å². The molecule has 154 valence electrons. The molecule has 0 saturated heterocycles. The lowest BCUT2D eigenvalue weighted by Crippen LogP contribution is -2.24. The number of nitrogens with zero attached hydrogens (tertiary/aromatic N) is 2. The first-order valence-electron chi connectivity index (χ1n) is 9.72. The van der Waals surface area contributed by atoms with Gasteiger partial charge in [0.1, 0.15) is 17.2 Å². The average Bonchev–Trinajstić information content (AvgIpc) is 3.23. The Morgan fingerprint density at radius 3 is 2.37 bits per heavy atom. The highest BCUT2D eigenvalue weighted by Gasteiger charge is 2.34. The highest BCUT2D eigenvalue weighted by Crippen LogP contribution is 2.41. The molecule has 30 heavy (non-hydrogen) atoms. The van der Waals surface area contributed by atoms with E-state index in [9.17, 15) is 4.79 Å². The molecule has 3 aromatic rings. The van der Waals surface area contributed by atoms with Crippen molar-refractivity contribution in [2.24, 2.45) is 5.10 Å². The van der Waals surface area contributed by atoms with Crippen LogP contribution in [0.5, 0.6) is 17.2 Å². The van der Waals surface area contributed by atoms with E-state index in [0.29, 0.717) is 17.9 Å². The third kappa shape index (κ3) is 3.34. The molecule has 4 rings (SSSR count). The highest BCUT2D eigenvalue weighted by molar-refractivity contribution is 6.06. The van der Waals surface area contributed by atoms with Crippen molar-refractivity contribution in [3.63, 3.8) is 0 Å². The first kappa shape index (κ1) is 19.8. The minimum atomic E-state index is -0.232. The van der Waals surface area contributed by atoms with Gasteiger partial charge in [0.25, 0.3) is 0 Å². The fraction of sp³-hybridized carbons (Fsp3) is 0.250. The lowest BCUT2D eigenvalue weighted by atomic mass is 9.93. The molecule has 0 unspecified atom stereocenters. The molecule has 0 N–H and O–H groups in total. The summed E-state index contributed by atoms with van der Waals surface area (Å²) in [6.07, 6.45) is 0.569. The summed E-state index contributed by atoms with van der Waals surface area (Å²) in [6.45, 7) is 1.53. The molecule has 0 aliphatic carbocycles. The Kier molecular flexibility index (Phi) is 5.31. The molecule has 0 spiro atoms. The number of hydrogen-bond donors (Lipinski definition) is 0. The highest BCUT2D eigenvalue weighted by atomic mass is 16.5. The summed E-state index contributed by atoms with van der Waals surface area (Å²) in [5, 5.41) is 8.29. The summed E-state index contributed by atoms with van der Waals surface area (Å²) < 4.78 is 16.5. The summed E-state index contributed by atoms with van der Waals surface area (Å²) >= 11 is 0. The van der Waals surface area contributed by atoms with Crippen molar-refractivity contribution < 1.29 is 19.0 Å². The van der Waals surface area contributed by atoms with Crippen LogP contribution in [0, 0.1) is 0 Å². The van der Waals surface area contributed by atoms with Crippen LogP contribution in [-0.4, -0.2) is 38.0 Å². The molecule has 0 aromatic heterocycles. The van der Waals surface area contributed by atoms with Crippen molar-refractivity contribution >= 4 is 22.4 Å². The third-order valence-corrected chi connectivity index (χ3v) is 5.43. The number of ether oxygens (including phenoxy) is 3. The van der Waals surface area contributed by atoms with Crippen molar-refractivity contribution in [2.45, 2.75) is 19.4 Å². The standard InChI is InChI=1S/C24H24N2O4/c1-15(27)26-21(19-9-5-7-16-8-6-10-22(29-3)24(16)19)14-20(25-26)18-12-11-17(28-2)13-23(18)30-4/h5-13,21H,14H2,1-4H3/t21-/m1/s1. The van der Waals surface area contributed by atoms with E-state index < -0.39 is 0 Å². The minimum absolute atomic E-state index is 0.116. The number of hydrogen-bond acceptors (Lipinski definition) is 5. The van der Waals surface area contributed by atoms with Crippen molar-refractivity contribution in [3.05, 3.63) is 65.7 Å². The van der Waals surface area contributed by atoms with Crippen molar-refractivity contribution in [1.82, 2.24) is 5.01 Å². The predicted molar refractivity (Wildman–Crippen MR) is 116 cm³/mol. The van der Waals surface area contributed by atoms with Gasteiger partial charge in [-0.15, -0.1) is 0 Å². The van der Waals surface area contributed by atoms with E-state index in [-0.39, 0.29) is 11.9 Å². The van der Waals surface area contributed by atoms with Crippen molar-refractivity contribution in [2.75, 3.05) is 21.3 Å². The Labute approximate surface area is 175 Å². The van der Waals surface area contributed by atoms with Gasteiger partial charge in [0.2, 0.25) is 5.91 Å². The van der Waals surface area contributed by atoms with E-state index >= 15 is 0 Å². The maximum atomic E-state index is 12.5. The molecule has 6 nitrogen and oxygen atoms in total. The molecule has 1 heterocycles. The molecule has 0 bridgehead atoms. The monoisotopic (exact) mass is 404 g/mol. The first-order chi connectivity index (χ1) is 14.6. The first-order valence-corrected chi connectivity index (χ1v) is 9.72. The lowest BCUT2D eigenvalue weighted by molar-refractivity contribution is -0.130. The fourth-order valence-corrected chi connectivity index (χ4v) is 4.02. The molecule has 1 aliphatic heterocycles. The van der Waals surface area contributed by atoms with Crippen LogP contribution in [0.2, 0.25) is 0 Å². The molecule has 1 amide bonds. The van der Waals surface area contributed by atoms with Crippen LogP contribution in [0.25, 0.3) is 10.8 Å². The molecule has 0 fully saturated rings. The fourth-order valence-electron chi connectivity index (χ4n) is 4.02. The zero-order valence-corrected chi connectivity index (χ0v) is 17.5. The number of fused-ring (bicyclic) bond motifs is 1. The second-order valence-electron chi connectivity index (χ2n) is 7.10. The van der Waals surface area contributed by atoms with Gasteiger partial charge in [-0.3, -0.25) is 4.79 Å². The van der Waals surface area contributed by atoms with Crippen LogP contribution >= 0.6 is 0 Å². The number of carbonyl (C=O) groups excluding carboxylic acids is 1. The van der Waals surface area contributed by atoms with Gasteiger partial charge in [0.15, 0.2) is 0 Å². The van der Waals surface area contributed by atoms with Gasteiger partial charge in [0, 0.05) is 30.4 Å². The Morgan fingerprint density at radius 2 is 1.70 bits per heavy atom. The summed E-state index contributed by atoms with van der Waals surface area (Å²) in [5.41, 5.74) is 2.65. The van der Waals surface area contributed by atoms with Gasteiger partial charge in [-0.25, -0.2) is 5.01 Å². The summed E-state index contributed by atoms with van der Waals surface area (Å²) in [7, 11) is 4.89. The van der Waals surface area contributed by atoms with Gasteiger partial charge < -0.3 is 14.2 Å². The van der Waals surface area contributed by atoms with E-state index in [1.807, 2.05) is 54.6 Å². The minimum Gasteiger partial charge on any atom is -0.497 e.